The Morgan fingerprint density at radius 1 is 1.30 bits per heavy atom. The molecule has 3 rings (SSSR count). The Balaban J connectivity index is 1.66. The van der Waals surface area contributed by atoms with Crippen LogP contribution in [-0.4, -0.2) is 15.6 Å². The van der Waals surface area contributed by atoms with Gasteiger partial charge in [-0.2, -0.15) is 0 Å². The molecule has 0 radical (unpaired) electrons. The van der Waals surface area contributed by atoms with Crippen molar-refractivity contribution >= 4 is 0 Å². The average molecular weight is 269 g/mol. The third-order valence-electron chi connectivity index (χ3n) is 3.79. The van der Waals surface area contributed by atoms with Crippen molar-refractivity contribution in [2.75, 3.05) is 0 Å². The van der Waals surface area contributed by atoms with Crippen LogP contribution in [0.1, 0.15) is 43.1 Å². The number of rotatable bonds is 7. The highest BCUT2D eigenvalue weighted by molar-refractivity contribution is 5.26. The first kappa shape index (κ1) is 13.4. The van der Waals surface area contributed by atoms with E-state index in [-0.39, 0.29) is 0 Å². The molecule has 0 atom stereocenters. The van der Waals surface area contributed by atoms with Crippen LogP contribution in [0.15, 0.2) is 36.7 Å². The van der Waals surface area contributed by atoms with Crippen molar-refractivity contribution in [3.05, 3.63) is 53.6 Å². The van der Waals surface area contributed by atoms with Crippen molar-refractivity contribution in [3.8, 4) is 0 Å². The summed E-state index contributed by atoms with van der Waals surface area (Å²) >= 11 is 0. The lowest BCUT2D eigenvalue weighted by molar-refractivity contribution is 0.646. The monoisotopic (exact) mass is 269 g/mol. The van der Waals surface area contributed by atoms with E-state index in [2.05, 4.69) is 52.3 Å². The van der Waals surface area contributed by atoms with Gasteiger partial charge in [0.1, 0.15) is 5.82 Å². The third kappa shape index (κ3) is 3.48. The second-order valence-electron chi connectivity index (χ2n) is 5.69. The fraction of sp³-hybridized carbons (Fsp3) is 0.471. The summed E-state index contributed by atoms with van der Waals surface area (Å²) in [5.74, 6) is 1.17. The van der Waals surface area contributed by atoms with Crippen molar-refractivity contribution in [2.45, 2.75) is 51.7 Å². The number of imidazole rings is 1. The molecule has 1 aliphatic rings. The van der Waals surface area contributed by atoms with Gasteiger partial charge in [0.25, 0.3) is 0 Å². The van der Waals surface area contributed by atoms with Gasteiger partial charge in [-0.05, 0) is 30.4 Å². The first-order valence-corrected chi connectivity index (χ1v) is 7.66. The van der Waals surface area contributed by atoms with Gasteiger partial charge in [-0.3, -0.25) is 0 Å². The molecule has 0 amide bonds. The highest BCUT2D eigenvalue weighted by Crippen LogP contribution is 2.19. The van der Waals surface area contributed by atoms with E-state index >= 15 is 0 Å². The van der Waals surface area contributed by atoms with E-state index < -0.39 is 0 Å². The molecule has 3 nitrogen and oxygen atoms in total. The van der Waals surface area contributed by atoms with Crippen LogP contribution in [0.3, 0.4) is 0 Å². The van der Waals surface area contributed by atoms with E-state index in [1.165, 1.54) is 29.8 Å². The summed E-state index contributed by atoms with van der Waals surface area (Å²) in [6.07, 6.45) is 8.74. The molecular weight excluding hydrogens is 246 g/mol. The molecule has 1 aliphatic carbocycles. The van der Waals surface area contributed by atoms with Crippen LogP contribution >= 0.6 is 0 Å². The molecule has 1 heterocycles. The SMILES string of the molecule is CCCn1ccnc1Cc1cccc(CNC2CC2)c1. The summed E-state index contributed by atoms with van der Waals surface area (Å²) in [6.45, 7) is 4.24. The van der Waals surface area contributed by atoms with Crippen LogP contribution in [0.4, 0.5) is 0 Å². The predicted molar refractivity (Wildman–Crippen MR) is 81.6 cm³/mol. The molecule has 0 unspecified atom stereocenters. The van der Waals surface area contributed by atoms with E-state index in [0.717, 1.165) is 32.0 Å². The summed E-state index contributed by atoms with van der Waals surface area (Å²) < 4.78 is 2.26. The average Bonchev–Trinajstić information content (AvgIpc) is 3.20. The minimum Gasteiger partial charge on any atom is -0.335 e. The van der Waals surface area contributed by atoms with E-state index in [9.17, 15) is 0 Å². The highest BCUT2D eigenvalue weighted by atomic mass is 15.1. The smallest absolute Gasteiger partial charge is 0.113 e. The molecular formula is C17H23N3. The molecule has 1 aromatic heterocycles. The Morgan fingerprint density at radius 2 is 2.15 bits per heavy atom. The second kappa shape index (κ2) is 6.23. The minimum atomic E-state index is 0.766. The number of hydrogen-bond acceptors (Lipinski definition) is 2. The van der Waals surface area contributed by atoms with Crippen LogP contribution in [0.25, 0.3) is 0 Å². The maximum atomic E-state index is 4.49. The van der Waals surface area contributed by atoms with Crippen LogP contribution in [0.5, 0.6) is 0 Å². The summed E-state index contributed by atoms with van der Waals surface area (Å²) in [5, 5.41) is 3.57. The Kier molecular flexibility index (Phi) is 4.16. The van der Waals surface area contributed by atoms with Crippen LogP contribution in [0, 0.1) is 0 Å². The number of nitrogens with zero attached hydrogens (tertiary/aromatic N) is 2. The fourth-order valence-corrected chi connectivity index (χ4v) is 2.53. The number of nitrogens with one attached hydrogen (secondary N) is 1. The zero-order valence-corrected chi connectivity index (χ0v) is 12.2. The van der Waals surface area contributed by atoms with Gasteiger partial charge in [-0.15, -0.1) is 0 Å². The maximum absolute atomic E-state index is 4.49. The number of aryl methyl sites for hydroxylation is 1. The summed E-state index contributed by atoms with van der Waals surface area (Å²) in [5.41, 5.74) is 2.73. The molecule has 0 bridgehead atoms. The molecule has 106 valence electrons. The molecule has 20 heavy (non-hydrogen) atoms. The van der Waals surface area contributed by atoms with Gasteiger partial charge >= 0.3 is 0 Å². The normalized spacial score (nSPS) is 14.7. The van der Waals surface area contributed by atoms with E-state index in [0.29, 0.717) is 0 Å². The topological polar surface area (TPSA) is 29.9 Å². The van der Waals surface area contributed by atoms with E-state index in [4.69, 9.17) is 0 Å². The van der Waals surface area contributed by atoms with Crippen LogP contribution in [-0.2, 0) is 19.5 Å². The van der Waals surface area contributed by atoms with Gasteiger partial charge in [0.05, 0.1) is 0 Å². The number of benzene rings is 1. The van der Waals surface area contributed by atoms with Crippen molar-refractivity contribution in [1.82, 2.24) is 14.9 Å². The Labute approximate surface area is 121 Å². The van der Waals surface area contributed by atoms with E-state index in [1.54, 1.807) is 0 Å². The first-order chi connectivity index (χ1) is 9.85. The van der Waals surface area contributed by atoms with Gasteiger partial charge in [-0.25, -0.2) is 4.98 Å². The molecule has 0 spiro atoms. The lowest BCUT2D eigenvalue weighted by Gasteiger charge is -2.08. The molecule has 1 N–H and O–H groups in total. The quantitative estimate of drug-likeness (QED) is 0.837. The number of hydrogen-bond donors (Lipinski definition) is 1. The standard InChI is InChI=1S/C17H23N3/c1-2-9-20-10-8-18-17(20)12-14-4-3-5-15(11-14)13-19-16-6-7-16/h3-5,8,10-11,16,19H,2,6-7,9,12-13H2,1H3. The van der Waals surface area contributed by atoms with Crippen LogP contribution < -0.4 is 5.32 Å². The van der Waals surface area contributed by atoms with Crippen LogP contribution in [0.2, 0.25) is 0 Å². The van der Waals surface area contributed by atoms with Gasteiger partial charge in [0.15, 0.2) is 0 Å². The molecule has 1 saturated carbocycles. The third-order valence-corrected chi connectivity index (χ3v) is 3.79. The number of aromatic nitrogens is 2. The summed E-state index contributed by atoms with van der Waals surface area (Å²) in [6, 6.07) is 9.64. The first-order valence-electron chi connectivity index (χ1n) is 7.66. The van der Waals surface area contributed by atoms with Gasteiger partial charge in [0.2, 0.25) is 0 Å². The van der Waals surface area contributed by atoms with Gasteiger partial charge < -0.3 is 9.88 Å². The van der Waals surface area contributed by atoms with Crippen molar-refractivity contribution in [2.24, 2.45) is 0 Å². The Hall–Kier alpha value is -1.61. The molecule has 3 heteroatoms. The molecule has 1 fully saturated rings. The highest BCUT2D eigenvalue weighted by Gasteiger charge is 2.19. The zero-order valence-electron chi connectivity index (χ0n) is 12.2. The van der Waals surface area contributed by atoms with Crippen molar-refractivity contribution in [3.63, 3.8) is 0 Å². The summed E-state index contributed by atoms with van der Waals surface area (Å²) in [7, 11) is 0. The Morgan fingerprint density at radius 3 is 2.95 bits per heavy atom. The predicted octanol–water partition coefficient (Wildman–Crippen LogP) is 3.14. The largest absolute Gasteiger partial charge is 0.335 e. The molecule has 2 aromatic rings. The lowest BCUT2D eigenvalue weighted by atomic mass is 10.1. The van der Waals surface area contributed by atoms with Crippen molar-refractivity contribution in [1.29, 1.82) is 0 Å². The molecule has 0 aliphatic heterocycles. The lowest BCUT2D eigenvalue weighted by Crippen LogP contribution is -2.15. The van der Waals surface area contributed by atoms with E-state index in [1.807, 2.05) is 6.20 Å². The zero-order chi connectivity index (χ0) is 13.8. The van der Waals surface area contributed by atoms with Gasteiger partial charge in [-0.1, -0.05) is 31.2 Å². The second-order valence-corrected chi connectivity index (χ2v) is 5.69. The van der Waals surface area contributed by atoms with Crippen molar-refractivity contribution < 1.29 is 0 Å². The Bertz CT molecular complexity index is 555. The molecule has 1 aromatic carbocycles. The summed E-state index contributed by atoms with van der Waals surface area (Å²) in [4.78, 5) is 4.49. The fourth-order valence-electron chi connectivity index (χ4n) is 2.53. The van der Waals surface area contributed by atoms with Gasteiger partial charge in [0, 0.05) is 37.9 Å². The minimum absolute atomic E-state index is 0.766. The maximum Gasteiger partial charge on any atom is 0.113 e. The molecule has 0 saturated heterocycles.